The van der Waals surface area contributed by atoms with Gasteiger partial charge in [-0.3, -0.25) is 4.52 Å². The van der Waals surface area contributed by atoms with E-state index in [1.54, 1.807) is 6.92 Å². The van der Waals surface area contributed by atoms with E-state index in [0.29, 0.717) is 11.7 Å². The second kappa shape index (κ2) is 4.38. The first kappa shape index (κ1) is 11.9. The number of rotatable bonds is 3. The first-order chi connectivity index (χ1) is 8.06. The maximum atomic E-state index is 11.6. The van der Waals surface area contributed by atoms with Crippen molar-refractivity contribution in [1.29, 1.82) is 0 Å². The van der Waals surface area contributed by atoms with Crippen LogP contribution in [0.25, 0.3) is 0 Å². The predicted octanol–water partition coefficient (Wildman–Crippen LogP) is 3.39. The van der Waals surface area contributed by atoms with Gasteiger partial charge in [0.05, 0.1) is 0 Å². The summed E-state index contributed by atoms with van der Waals surface area (Å²) in [5.74, 6) is 0.317. The predicted molar refractivity (Wildman–Crippen MR) is 69.1 cm³/mol. The van der Waals surface area contributed by atoms with E-state index in [-0.39, 0.29) is 0 Å². The highest BCUT2D eigenvalue weighted by Crippen LogP contribution is 2.66. The van der Waals surface area contributed by atoms with Crippen molar-refractivity contribution in [3.05, 3.63) is 36.4 Å². The minimum atomic E-state index is -2.38. The molecule has 0 spiro atoms. The fourth-order valence-electron chi connectivity index (χ4n) is 1.47. The molecule has 4 nitrogen and oxygen atoms in total. The van der Waals surface area contributed by atoms with Crippen LogP contribution in [0.1, 0.15) is 13.8 Å². The van der Waals surface area contributed by atoms with Crippen molar-refractivity contribution in [2.45, 2.75) is 13.8 Å². The van der Waals surface area contributed by atoms with Gasteiger partial charge in [-0.05, 0) is 26.0 Å². The molecule has 1 aromatic rings. The third kappa shape index (κ3) is 2.27. The Labute approximate surface area is 101 Å². The standard InChI is InChI=1S/C12H15NO3P/c1-4-17(16-12(14)9(2)3)13-10-7-5-6-8-11(10)15-17/h5-8,13H,2,4H2,1,3H3/q+1. The zero-order valence-corrected chi connectivity index (χ0v) is 10.8. The average Bonchev–Trinajstić information content (AvgIpc) is 2.67. The fraction of sp³-hybridized carbons (Fsp3) is 0.250. The Morgan fingerprint density at radius 3 is 2.82 bits per heavy atom. The van der Waals surface area contributed by atoms with E-state index in [0.717, 1.165) is 11.4 Å². The molecule has 17 heavy (non-hydrogen) atoms. The summed E-state index contributed by atoms with van der Waals surface area (Å²) in [4.78, 5) is 11.6. The summed E-state index contributed by atoms with van der Waals surface area (Å²) in [6.07, 6.45) is 0.612. The van der Waals surface area contributed by atoms with Crippen LogP contribution in [-0.2, 0) is 9.32 Å². The van der Waals surface area contributed by atoms with E-state index in [2.05, 4.69) is 11.7 Å². The van der Waals surface area contributed by atoms with Gasteiger partial charge in [0.1, 0.15) is 11.8 Å². The minimum absolute atomic E-state index is 0.374. The summed E-state index contributed by atoms with van der Waals surface area (Å²) in [5.41, 5.74) is 1.25. The van der Waals surface area contributed by atoms with Crippen molar-refractivity contribution in [3.63, 3.8) is 0 Å². The molecule has 0 aromatic heterocycles. The summed E-state index contributed by atoms with van der Waals surface area (Å²) in [5, 5.41) is 3.19. The molecule has 1 unspecified atom stereocenters. The second-order valence-corrected chi connectivity index (χ2v) is 6.42. The number of carbonyl (C=O) groups is 1. The van der Waals surface area contributed by atoms with Crippen molar-refractivity contribution in [1.82, 2.24) is 0 Å². The third-order valence-electron chi connectivity index (χ3n) is 2.42. The van der Waals surface area contributed by atoms with Crippen molar-refractivity contribution in [3.8, 4) is 5.75 Å². The van der Waals surface area contributed by atoms with Crippen LogP contribution in [0.4, 0.5) is 5.69 Å². The molecule has 0 amide bonds. The first-order valence-corrected chi connectivity index (χ1v) is 7.22. The van der Waals surface area contributed by atoms with Crippen LogP contribution in [0.3, 0.4) is 0 Å². The van der Waals surface area contributed by atoms with Gasteiger partial charge < -0.3 is 0 Å². The molecule has 1 atom stereocenters. The molecule has 1 N–H and O–H groups in total. The molecule has 1 aromatic carbocycles. The van der Waals surface area contributed by atoms with Crippen molar-refractivity contribution < 1.29 is 13.8 Å². The van der Waals surface area contributed by atoms with E-state index in [4.69, 9.17) is 9.05 Å². The highest BCUT2D eigenvalue weighted by molar-refractivity contribution is 7.69. The zero-order chi connectivity index (χ0) is 12.5. The van der Waals surface area contributed by atoms with E-state index in [1.807, 2.05) is 31.2 Å². The number of para-hydroxylation sites is 2. The summed E-state index contributed by atoms with van der Waals surface area (Å²) in [6.45, 7) is 7.12. The van der Waals surface area contributed by atoms with Crippen LogP contribution in [0.15, 0.2) is 36.4 Å². The summed E-state index contributed by atoms with van der Waals surface area (Å²) in [6, 6.07) is 7.55. The van der Waals surface area contributed by atoms with E-state index in [9.17, 15) is 4.79 Å². The Morgan fingerprint density at radius 1 is 1.53 bits per heavy atom. The van der Waals surface area contributed by atoms with E-state index in [1.165, 1.54) is 0 Å². The van der Waals surface area contributed by atoms with Crippen LogP contribution in [0.5, 0.6) is 5.75 Å². The largest absolute Gasteiger partial charge is 0.463 e. The molecule has 90 valence electrons. The Hall–Kier alpha value is -1.54. The number of hydrogen-bond acceptors (Lipinski definition) is 4. The Kier molecular flexibility index (Phi) is 3.07. The molecule has 2 rings (SSSR count). The molecular weight excluding hydrogens is 237 g/mol. The SMILES string of the molecule is C=C(C)C(=O)O[P+]1(CC)Nc2ccccc2O1. The molecule has 0 aliphatic carbocycles. The molecule has 1 heterocycles. The smallest absolute Gasteiger partial charge is 0.282 e. The number of benzene rings is 1. The molecule has 0 fully saturated rings. The Morgan fingerprint density at radius 2 is 2.24 bits per heavy atom. The van der Waals surface area contributed by atoms with E-state index >= 15 is 0 Å². The lowest BCUT2D eigenvalue weighted by Crippen LogP contribution is -2.16. The normalized spacial score (nSPS) is 21.1. The van der Waals surface area contributed by atoms with Gasteiger partial charge >= 0.3 is 13.8 Å². The van der Waals surface area contributed by atoms with Crippen LogP contribution in [-0.4, -0.2) is 12.1 Å². The molecule has 1 aliphatic heterocycles. The molecule has 5 heteroatoms. The maximum absolute atomic E-state index is 11.6. The summed E-state index contributed by atoms with van der Waals surface area (Å²) in [7, 11) is -2.38. The van der Waals surface area contributed by atoms with Gasteiger partial charge in [0.25, 0.3) is 0 Å². The van der Waals surface area contributed by atoms with Crippen LogP contribution in [0.2, 0.25) is 0 Å². The molecule has 1 aliphatic rings. The lowest BCUT2D eigenvalue weighted by Gasteiger charge is -2.15. The monoisotopic (exact) mass is 252 g/mol. The van der Waals surface area contributed by atoms with E-state index < -0.39 is 13.8 Å². The number of fused-ring (bicyclic) bond motifs is 1. The van der Waals surface area contributed by atoms with Crippen molar-refractivity contribution in [2.75, 3.05) is 11.2 Å². The Bertz CT molecular complexity index is 448. The summed E-state index contributed by atoms with van der Waals surface area (Å²) >= 11 is 0. The van der Waals surface area contributed by atoms with Gasteiger partial charge in [0.2, 0.25) is 5.75 Å². The first-order valence-electron chi connectivity index (χ1n) is 5.41. The Balaban J connectivity index is 2.20. The summed E-state index contributed by atoms with van der Waals surface area (Å²) < 4.78 is 11.2. The van der Waals surface area contributed by atoms with Gasteiger partial charge in [-0.25, -0.2) is 9.32 Å². The lowest BCUT2D eigenvalue weighted by atomic mass is 10.3. The third-order valence-corrected chi connectivity index (χ3v) is 4.79. The topological polar surface area (TPSA) is 47.6 Å². The van der Waals surface area contributed by atoms with Crippen molar-refractivity contribution in [2.24, 2.45) is 0 Å². The fourth-order valence-corrected chi connectivity index (χ4v) is 3.46. The molecule has 0 saturated heterocycles. The van der Waals surface area contributed by atoms with Crippen LogP contribution < -0.4 is 9.61 Å². The van der Waals surface area contributed by atoms with Crippen LogP contribution >= 0.6 is 7.87 Å². The van der Waals surface area contributed by atoms with Gasteiger partial charge in [-0.1, -0.05) is 18.7 Å². The average molecular weight is 252 g/mol. The van der Waals surface area contributed by atoms with Gasteiger partial charge in [0.15, 0.2) is 0 Å². The number of hydrogen-bond donors (Lipinski definition) is 1. The lowest BCUT2D eigenvalue weighted by molar-refractivity contribution is -0.130. The van der Waals surface area contributed by atoms with Gasteiger partial charge in [0, 0.05) is 5.57 Å². The van der Waals surface area contributed by atoms with Gasteiger partial charge in [-0.2, -0.15) is 5.09 Å². The zero-order valence-electron chi connectivity index (χ0n) is 9.90. The molecule has 0 bridgehead atoms. The highest BCUT2D eigenvalue weighted by atomic mass is 31.2. The molecular formula is C12H15NO3P+. The number of anilines is 1. The number of nitrogens with one attached hydrogen (secondary N) is 1. The molecule has 0 radical (unpaired) electrons. The van der Waals surface area contributed by atoms with Gasteiger partial charge in [-0.15, -0.1) is 0 Å². The highest BCUT2D eigenvalue weighted by Gasteiger charge is 2.51. The minimum Gasteiger partial charge on any atom is -0.282 e. The quantitative estimate of drug-likeness (QED) is 0.661. The number of carbonyl (C=O) groups excluding carboxylic acids is 1. The second-order valence-electron chi connectivity index (χ2n) is 3.85. The van der Waals surface area contributed by atoms with Crippen LogP contribution in [0, 0.1) is 0 Å². The molecule has 0 saturated carbocycles. The van der Waals surface area contributed by atoms with Crippen molar-refractivity contribution >= 4 is 19.5 Å². The maximum Gasteiger partial charge on any atom is 0.463 e.